The predicted molar refractivity (Wildman–Crippen MR) is 139 cm³/mol. The highest BCUT2D eigenvalue weighted by molar-refractivity contribution is 6.21. The van der Waals surface area contributed by atoms with E-state index in [4.69, 9.17) is 4.74 Å². The predicted octanol–water partition coefficient (Wildman–Crippen LogP) is 1.68. The number of quaternary nitrogens is 2. The Morgan fingerprint density at radius 2 is 1.42 bits per heavy atom. The molecule has 5 rings (SSSR count). The summed E-state index contributed by atoms with van der Waals surface area (Å²) in [7, 11) is 0. The number of nitrogens with one attached hydrogen (secondary N) is 2. The van der Waals surface area contributed by atoms with Crippen molar-refractivity contribution in [2.75, 3.05) is 37.7 Å². The molecule has 0 aromatic heterocycles. The molecule has 0 spiro atoms. The van der Waals surface area contributed by atoms with Crippen molar-refractivity contribution in [1.82, 2.24) is 0 Å². The normalized spacial score (nSPS) is 22.3. The Morgan fingerprint density at radius 3 is 1.97 bits per heavy atom. The highest BCUT2D eigenvalue weighted by Gasteiger charge is 2.47. The van der Waals surface area contributed by atoms with E-state index >= 15 is 0 Å². The zero-order valence-electron chi connectivity index (χ0n) is 20.9. The Hall–Kier alpha value is -3.48. The largest absolute Gasteiger partial charge is 0.494 e. The van der Waals surface area contributed by atoms with Gasteiger partial charge in [0.1, 0.15) is 38.0 Å². The third-order valence-electron chi connectivity index (χ3n) is 7.42. The van der Waals surface area contributed by atoms with Crippen LogP contribution in [0.1, 0.15) is 36.9 Å². The van der Waals surface area contributed by atoms with Crippen molar-refractivity contribution in [2.24, 2.45) is 0 Å². The first-order valence-electron chi connectivity index (χ1n) is 13.0. The number of benzene rings is 3. The molecular weight excluding hydrogens is 450 g/mol. The lowest BCUT2D eigenvalue weighted by Gasteiger charge is -2.36. The number of ether oxygens (including phenoxy) is 1. The number of anilines is 1. The zero-order chi connectivity index (χ0) is 24.9. The molecule has 2 amide bonds. The maximum Gasteiger partial charge on any atom is 0.292 e. The summed E-state index contributed by atoms with van der Waals surface area (Å²) < 4.78 is 5.64. The number of hydrogen-bond acceptors (Lipinski definition) is 3. The van der Waals surface area contributed by atoms with Crippen LogP contribution >= 0.6 is 0 Å². The van der Waals surface area contributed by atoms with E-state index in [9.17, 15) is 9.59 Å². The monoisotopic (exact) mass is 485 g/mol. The lowest BCUT2D eigenvalue weighted by Crippen LogP contribution is -3.30. The third kappa shape index (κ3) is 5.06. The maximum atomic E-state index is 13.4. The summed E-state index contributed by atoms with van der Waals surface area (Å²) in [6.07, 6.45) is 1.21. The molecule has 3 aromatic carbocycles. The second-order valence-electron chi connectivity index (χ2n) is 9.74. The van der Waals surface area contributed by atoms with E-state index in [2.05, 4.69) is 67.6 Å². The molecule has 0 bridgehead atoms. The van der Waals surface area contributed by atoms with Gasteiger partial charge in [-0.25, -0.2) is 4.90 Å². The van der Waals surface area contributed by atoms with Crippen molar-refractivity contribution < 1.29 is 24.1 Å². The smallest absolute Gasteiger partial charge is 0.292 e. The Morgan fingerprint density at radius 1 is 0.833 bits per heavy atom. The first-order valence-corrected chi connectivity index (χ1v) is 13.0. The second-order valence-corrected chi connectivity index (χ2v) is 9.74. The standard InChI is InChI=1S/C30H33N3O3/c1-2-21-36-26-15-13-25(14-16-26)33-28(34)22-27(30(33)35)31-17-19-32(20-18-31)29(23-9-5-3-6-10-23)24-11-7-4-8-12-24/h3-16,27,29H,2,17-22H2,1H3/p+2/t27-/m1/s1. The highest BCUT2D eigenvalue weighted by atomic mass is 16.5. The number of piperazine rings is 1. The molecule has 0 unspecified atom stereocenters. The fourth-order valence-corrected chi connectivity index (χ4v) is 5.62. The number of hydrogen-bond donors (Lipinski definition) is 2. The van der Waals surface area contributed by atoms with Gasteiger partial charge in [0.2, 0.25) is 5.91 Å². The van der Waals surface area contributed by atoms with Crippen molar-refractivity contribution in [3.63, 3.8) is 0 Å². The van der Waals surface area contributed by atoms with Gasteiger partial charge >= 0.3 is 0 Å². The lowest BCUT2D eigenvalue weighted by molar-refractivity contribution is -1.03. The van der Waals surface area contributed by atoms with E-state index in [0.717, 1.165) is 38.3 Å². The van der Waals surface area contributed by atoms with E-state index in [1.165, 1.54) is 25.8 Å². The molecule has 0 aliphatic carbocycles. The molecule has 2 N–H and O–H groups in total. The van der Waals surface area contributed by atoms with Crippen LogP contribution in [-0.4, -0.2) is 50.6 Å². The molecule has 0 saturated carbocycles. The molecule has 186 valence electrons. The fraction of sp³-hybridized carbons (Fsp3) is 0.333. The number of imide groups is 1. The number of amides is 2. The van der Waals surface area contributed by atoms with Gasteiger partial charge in [-0.05, 0) is 30.7 Å². The Labute approximate surface area is 213 Å². The van der Waals surface area contributed by atoms with Gasteiger partial charge in [0.05, 0.1) is 18.7 Å². The molecule has 2 aliphatic heterocycles. The van der Waals surface area contributed by atoms with Gasteiger partial charge in [-0.1, -0.05) is 67.6 Å². The summed E-state index contributed by atoms with van der Waals surface area (Å²) in [5.41, 5.74) is 3.26. The van der Waals surface area contributed by atoms with Crippen molar-refractivity contribution in [3.8, 4) is 5.75 Å². The summed E-state index contributed by atoms with van der Waals surface area (Å²) in [5, 5.41) is 0. The van der Waals surface area contributed by atoms with E-state index in [1.54, 1.807) is 0 Å². The van der Waals surface area contributed by atoms with E-state index < -0.39 is 0 Å². The summed E-state index contributed by atoms with van der Waals surface area (Å²) in [6, 6.07) is 28.6. The zero-order valence-corrected chi connectivity index (χ0v) is 20.9. The van der Waals surface area contributed by atoms with Gasteiger partial charge in [0.25, 0.3) is 5.91 Å². The van der Waals surface area contributed by atoms with Crippen LogP contribution in [0.25, 0.3) is 0 Å². The van der Waals surface area contributed by atoms with E-state index in [0.29, 0.717) is 12.3 Å². The maximum absolute atomic E-state index is 13.4. The van der Waals surface area contributed by atoms with Crippen LogP contribution in [0, 0.1) is 0 Å². The SMILES string of the molecule is CCCOc1ccc(N2C(=O)C[C@@H]([NH+]3CC[NH+](C(c4ccccc4)c4ccccc4)CC3)C2=O)cc1. The van der Waals surface area contributed by atoms with Gasteiger partial charge < -0.3 is 14.5 Å². The van der Waals surface area contributed by atoms with Gasteiger partial charge in [0.15, 0.2) is 6.04 Å². The highest BCUT2D eigenvalue weighted by Crippen LogP contribution is 2.25. The minimum Gasteiger partial charge on any atom is -0.494 e. The minimum absolute atomic E-state index is 0.0802. The third-order valence-corrected chi connectivity index (χ3v) is 7.42. The van der Waals surface area contributed by atoms with Crippen molar-refractivity contribution in [1.29, 1.82) is 0 Å². The first-order chi connectivity index (χ1) is 17.7. The van der Waals surface area contributed by atoms with Crippen LogP contribution in [0.2, 0.25) is 0 Å². The Kier molecular flexibility index (Phi) is 7.44. The van der Waals surface area contributed by atoms with Crippen LogP contribution in [0.4, 0.5) is 5.69 Å². The lowest BCUT2D eigenvalue weighted by atomic mass is 9.96. The van der Waals surface area contributed by atoms with Crippen LogP contribution in [0.15, 0.2) is 84.9 Å². The average Bonchev–Trinajstić information content (AvgIpc) is 3.23. The van der Waals surface area contributed by atoms with Crippen LogP contribution < -0.4 is 19.4 Å². The van der Waals surface area contributed by atoms with Gasteiger partial charge in [-0.3, -0.25) is 9.59 Å². The molecule has 2 heterocycles. The molecule has 3 aromatic rings. The molecule has 6 heteroatoms. The van der Waals surface area contributed by atoms with Crippen LogP contribution in [0.3, 0.4) is 0 Å². The van der Waals surface area contributed by atoms with Crippen LogP contribution in [0.5, 0.6) is 5.75 Å². The Bertz CT molecular complexity index is 1120. The summed E-state index contributed by atoms with van der Waals surface area (Å²) >= 11 is 0. The van der Waals surface area contributed by atoms with E-state index in [1.807, 2.05) is 24.3 Å². The first kappa shape index (κ1) is 24.2. The summed E-state index contributed by atoms with van der Waals surface area (Å²) in [4.78, 5) is 30.4. The van der Waals surface area contributed by atoms with Crippen molar-refractivity contribution in [3.05, 3.63) is 96.1 Å². The Balaban J connectivity index is 1.26. The van der Waals surface area contributed by atoms with Crippen LogP contribution in [-0.2, 0) is 9.59 Å². The van der Waals surface area contributed by atoms with E-state index in [-0.39, 0.29) is 30.3 Å². The molecule has 2 saturated heterocycles. The molecule has 36 heavy (non-hydrogen) atoms. The molecule has 2 aliphatic rings. The molecule has 0 radical (unpaired) electrons. The number of rotatable bonds is 8. The van der Waals surface area contributed by atoms with Crippen molar-refractivity contribution in [2.45, 2.75) is 31.8 Å². The van der Waals surface area contributed by atoms with Crippen molar-refractivity contribution >= 4 is 17.5 Å². The average molecular weight is 486 g/mol. The number of carbonyl (C=O) groups is 2. The quantitative estimate of drug-likeness (QED) is 0.478. The van der Waals surface area contributed by atoms with Gasteiger partial charge in [0, 0.05) is 11.1 Å². The minimum atomic E-state index is -0.304. The number of nitrogens with zero attached hydrogens (tertiary/aromatic N) is 1. The topological polar surface area (TPSA) is 55.5 Å². The number of carbonyl (C=O) groups excluding carboxylic acids is 2. The van der Waals surface area contributed by atoms with Gasteiger partial charge in [-0.2, -0.15) is 0 Å². The molecule has 6 nitrogen and oxygen atoms in total. The summed E-state index contributed by atoms with van der Waals surface area (Å²) in [6.45, 7) is 6.34. The second kappa shape index (κ2) is 11.1. The molecule has 2 fully saturated rings. The summed E-state index contributed by atoms with van der Waals surface area (Å²) in [5.74, 6) is 0.566. The molecule has 1 atom stereocenters. The van der Waals surface area contributed by atoms with Gasteiger partial charge in [-0.15, -0.1) is 0 Å². The fourth-order valence-electron chi connectivity index (χ4n) is 5.62. The molecular formula is C30H35N3O3+2.